The second-order valence-corrected chi connectivity index (χ2v) is 5.87. The lowest BCUT2D eigenvalue weighted by Gasteiger charge is -2.23. The molecule has 2 aromatic rings. The Kier molecular flexibility index (Phi) is 4.90. The first-order valence-electron chi connectivity index (χ1n) is 7.85. The van der Waals surface area contributed by atoms with Crippen molar-refractivity contribution in [3.63, 3.8) is 0 Å². The molecule has 0 saturated carbocycles. The predicted octanol–water partition coefficient (Wildman–Crippen LogP) is 3.28. The molecule has 2 aromatic carbocycles. The standard InChI is InChI=1S/C19H18N2O3/c20-12-14-6-8-16(9-7-14)18-10-17(11-19(22)23)24-21(18)13-15-4-2-1-3-5-15/h1-9,17-18H,10-11,13H2,(H,22,23). The smallest absolute Gasteiger partial charge is 0.306 e. The molecule has 3 rings (SSSR count). The molecule has 1 heterocycles. The first-order chi connectivity index (χ1) is 11.7. The lowest BCUT2D eigenvalue weighted by atomic mass is 9.99. The fourth-order valence-corrected chi connectivity index (χ4v) is 2.98. The fourth-order valence-electron chi connectivity index (χ4n) is 2.98. The molecule has 0 spiro atoms. The van der Waals surface area contributed by atoms with Gasteiger partial charge < -0.3 is 5.11 Å². The van der Waals surface area contributed by atoms with Crippen LogP contribution >= 0.6 is 0 Å². The highest BCUT2D eigenvalue weighted by atomic mass is 16.7. The molecule has 5 heteroatoms. The van der Waals surface area contributed by atoms with Crippen molar-refractivity contribution < 1.29 is 14.7 Å². The van der Waals surface area contributed by atoms with Gasteiger partial charge in [-0.25, -0.2) is 0 Å². The van der Waals surface area contributed by atoms with Crippen LogP contribution in [0.1, 0.15) is 35.6 Å². The third kappa shape index (κ3) is 3.80. The van der Waals surface area contributed by atoms with Crippen molar-refractivity contribution in [1.82, 2.24) is 5.06 Å². The summed E-state index contributed by atoms with van der Waals surface area (Å²) in [5.41, 5.74) is 2.74. The molecular weight excluding hydrogens is 304 g/mol. The molecule has 1 fully saturated rings. The van der Waals surface area contributed by atoms with Gasteiger partial charge in [-0.15, -0.1) is 0 Å². The predicted molar refractivity (Wildman–Crippen MR) is 87.6 cm³/mol. The summed E-state index contributed by atoms with van der Waals surface area (Å²) in [6.07, 6.45) is 0.259. The second-order valence-electron chi connectivity index (χ2n) is 5.87. The van der Waals surface area contributed by atoms with Gasteiger partial charge in [-0.2, -0.15) is 10.3 Å². The highest BCUT2D eigenvalue weighted by Gasteiger charge is 2.35. The van der Waals surface area contributed by atoms with Gasteiger partial charge in [-0.05, 0) is 29.7 Å². The summed E-state index contributed by atoms with van der Waals surface area (Å²) >= 11 is 0. The SMILES string of the molecule is N#Cc1ccc(C2CC(CC(=O)O)ON2Cc2ccccc2)cc1. The maximum absolute atomic E-state index is 11.0. The van der Waals surface area contributed by atoms with Crippen LogP contribution in [0.25, 0.3) is 0 Å². The maximum Gasteiger partial charge on any atom is 0.306 e. The Balaban J connectivity index is 1.81. The van der Waals surface area contributed by atoms with Gasteiger partial charge in [0.1, 0.15) is 0 Å². The van der Waals surface area contributed by atoms with Crippen molar-refractivity contribution >= 4 is 5.97 Å². The van der Waals surface area contributed by atoms with Crippen molar-refractivity contribution in [1.29, 1.82) is 5.26 Å². The second kappa shape index (κ2) is 7.26. The summed E-state index contributed by atoms with van der Waals surface area (Å²) in [7, 11) is 0. The van der Waals surface area contributed by atoms with Crippen LogP contribution in [0.5, 0.6) is 0 Å². The summed E-state index contributed by atoms with van der Waals surface area (Å²) in [6.45, 7) is 0.585. The number of rotatable bonds is 5. The summed E-state index contributed by atoms with van der Waals surface area (Å²) in [5, 5.41) is 19.8. The summed E-state index contributed by atoms with van der Waals surface area (Å²) in [4.78, 5) is 16.9. The number of carboxylic acids is 1. The molecule has 0 radical (unpaired) electrons. The molecule has 1 aliphatic heterocycles. The van der Waals surface area contributed by atoms with Gasteiger partial charge in [0, 0.05) is 6.54 Å². The number of nitriles is 1. The number of hydrogen-bond donors (Lipinski definition) is 1. The van der Waals surface area contributed by atoms with E-state index in [2.05, 4.69) is 6.07 Å². The molecule has 0 aliphatic carbocycles. The van der Waals surface area contributed by atoms with Gasteiger partial charge >= 0.3 is 5.97 Å². The molecule has 122 valence electrons. The lowest BCUT2D eigenvalue weighted by Crippen LogP contribution is -2.22. The summed E-state index contributed by atoms with van der Waals surface area (Å²) in [6, 6.07) is 19.4. The van der Waals surface area contributed by atoms with Gasteiger partial charge in [0.15, 0.2) is 0 Å². The Morgan fingerprint density at radius 1 is 1.21 bits per heavy atom. The van der Waals surface area contributed by atoms with E-state index in [9.17, 15) is 4.79 Å². The summed E-state index contributed by atoms with van der Waals surface area (Å²) in [5.74, 6) is -0.861. The largest absolute Gasteiger partial charge is 0.481 e. The first kappa shape index (κ1) is 16.2. The Morgan fingerprint density at radius 2 is 1.92 bits per heavy atom. The molecule has 2 unspecified atom stereocenters. The molecule has 0 amide bonds. The lowest BCUT2D eigenvalue weighted by molar-refractivity contribution is -0.177. The minimum absolute atomic E-state index is 0.0158. The highest BCUT2D eigenvalue weighted by Crippen LogP contribution is 2.36. The van der Waals surface area contributed by atoms with Crippen LogP contribution in [0.4, 0.5) is 0 Å². The maximum atomic E-state index is 11.0. The van der Waals surface area contributed by atoms with Crippen LogP contribution in [0.2, 0.25) is 0 Å². The van der Waals surface area contributed by atoms with E-state index in [1.165, 1.54) is 0 Å². The van der Waals surface area contributed by atoms with Crippen molar-refractivity contribution in [2.24, 2.45) is 0 Å². The zero-order valence-corrected chi connectivity index (χ0v) is 13.1. The van der Waals surface area contributed by atoms with Gasteiger partial charge in [-0.1, -0.05) is 42.5 Å². The number of hydroxylamine groups is 2. The normalized spacial score (nSPS) is 20.6. The number of benzene rings is 2. The fraction of sp³-hybridized carbons (Fsp3) is 0.263. The van der Waals surface area contributed by atoms with E-state index in [0.717, 1.165) is 11.1 Å². The molecule has 5 nitrogen and oxygen atoms in total. The van der Waals surface area contributed by atoms with E-state index in [1.807, 2.05) is 47.5 Å². The zero-order chi connectivity index (χ0) is 16.9. The monoisotopic (exact) mass is 322 g/mol. The van der Waals surface area contributed by atoms with E-state index in [1.54, 1.807) is 12.1 Å². The molecule has 0 aromatic heterocycles. The van der Waals surface area contributed by atoms with Crippen molar-refractivity contribution in [2.75, 3.05) is 0 Å². The van der Waals surface area contributed by atoms with E-state index in [-0.39, 0.29) is 18.6 Å². The Labute approximate surface area is 140 Å². The van der Waals surface area contributed by atoms with Gasteiger partial charge in [0.2, 0.25) is 0 Å². The Morgan fingerprint density at radius 3 is 2.54 bits per heavy atom. The van der Waals surface area contributed by atoms with Gasteiger partial charge in [-0.3, -0.25) is 9.63 Å². The van der Waals surface area contributed by atoms with Crippen LogP contribution in [-0.2, 0) is 16.2 Å². The molecule has 1 saturated heterocycles. The van der Waals surface area contributed by atoms with Crippen LogP contribution in [-0.4, -0.2) is 22.2 Å². The van der Waals surface area contributed by atoms with Crippen molar-refractivity contribution in [3.8, 4) is 6.07 Å². The number of carbonyl (C=O) groups is 1. The van der Waals surface area contributed by atoms with Gasteiger partial charge in [0.05, 0.1) is 30.2 Å². The topological polar surface area (TPSA) is 73.6 Å². The minimum Gasteiger partial charge on any atom is -0.481 e. The van der Waals surface area contributed by atoms with E-state index < -0.39 is 5.97 Å². The van der Waals surface area contributed by atoms with Crippen LogP contribution in [0.15, 0.2) is 54.6 Å². The summed E-state index contributed by atoms with van der Waals surface area (Å²) < 4.78 is 0. The molecule has 1 aliphatic rings. The molecule has 0 bridgehead atoms. The van der Waals surface area contributed by atoms with Crippen molar-refractivity contribution in [3.05, 3.63) is 71.3 Å². The van der Waals surface area contributed by atoms with Crippen LogP contribution in [0.3, 0.4) is 0 Å². The molecule has 24 heavy (non-hydrogen) atoms. The zero-order valence-electron chi connectivity index (χ0n) is 13.1. The number of hydrogen-bond acceptors (Lipinski definition) is 4. The number of carboxylic acid groups (broad SMARTS) is 1. The molecular formula is C19H18N2O3. The average Bonchev–Trinajstić information content (AvgIpc) is 2.97. The Bertz CT molecular complexity index is 737. The quantitative estimate of drug-likeness (QED) is 0.914. The van der Waals surface area contributed by atoms with Crippen LogP contribution in [0, 0.1) is 11.3 Å². The van der Waals surface area contributed by atoms with E-state index in [4.69, 9.17) is 15.2 Å². The number of aliphatic carboxylic acids is 1. The van der Waals surface area contributed by atoms with E-state index in [0.29, 0.717) is 18.5 Å². The third-order valence-corrected chi connectivity index (χ3v) is 4.13. The number of nitrogens with zero attached hydrogens (tertiary/aromatic N) is 2. The van der Waals surface area contributed by atoms with Crippen LogP contribution < -0.4 is 0 Å². The highest BCUT2D eigenvalue weighted by molar-refractivity contribution is 5.67. The molecule has 2 atom stereocenters. The van der Waals surface area contributed by atoms with Gasteiger partial charge in [0.25, 0.3) is 0 Å². The Hall–Kier alpha value is -2.68. The third-order valence-electron chi connectivity index (χ3n) is 4.13. The first-order valence-corrected chi connectivity index (χ1v) is 7.85. The van der Waals surface area contributed by atoms with Crippen molar-refractivity contribution in [2.45, 2.75) is 31.5 Å². The minimum atomic E-state index is -0.861. The molecule has 1 N–H and O–H groups in total. The average molecular weight is 322 g/mol. The van der Waals surface area contributed by atoms with E-state index >= 15 is 0 Å².